The van der Waals surface area contributed by atoms with Gasteiger partial charge in [-0.1, -0.05) is 48.6 Å². The Hall–Kier alpha value is -3.72. The van der Waals surface area contributed by atoms with Gasteiger partial charge >= 0.3 is 0 Å². The number of nitrogens with zero attached hydrogens (tertiary/aromatic N) is 4. The van der Waals surface area contributed by atoms with Crippen LogP contribution >= 0.6 is 0 Å². The summed E-state index contributed by atoms with van der Waals surface area (Å²) < 4.78 is 56.7. The van der Waals surface area contributed by atoms with Gasteiger partial charge in [-0.25, -0.2) is 16.8 Å². The summed E-state index contributed by atoms with van der Waals surface area (Å²) in [5.41, 5.74) is 0.476. The quantitative estimate of drug-likeness (QED) is 0.156. The molecule has 0 saturated heterocycles. The lowest BCUT2D eigenvalue weighted by atomic mass is 10.2. The van der Waals surface area contributed by atoms with Crippen LogP contribution in [0.25, 0.3) is 0 Å². The lowest BCUT2D eigenvalue weighted by molar-refractivity contribution is -0.385. The Morgan fingerprint density at radius 2 is 1.05 bits per heavy atom. The second-order valence-electron chi connectivity index (χ2n) is 9.49. The van der Waals surface area contributed by atoms with Gasteiger partial charge in [0.2, 0.25) is 20.0 Å². The molecule has 0 aromatic heterocycles. The maximum Gasteiger partial charge on any atom is 0.269 e. The van der Waals surface area contributed by atoms with Crippen LogP contribution in [-0.2, 0) is 31.6 Å². The Bertz CT molecular complexity index is 1390. The number of benzene rings is 2. The van der Waals surface area contributed by atoms with Crippen molar-refractivity contribution < 1.29 is 26.7 Å². The fraction of sp³-hybridized carbons (Fsp3) is 0.333. The molecule has 0 unspecified atom stereocenters. The van der Waals surface area contributed by atoms with Crippen LogP contribution in [0.2, 0.25) is 0 Å². The molecule has 0 N–H and O–H groups in total. The van der Waals surface area contributed by atoms with Crippen LogP contribution in [0.3, 0.4) is 0 Å². The van der Waals surface area contributed by atoms with E-state index in [0.717, 1.165) is 0 Å². The van der Waals surface area contributed by atoms with E-state index in [2.05, 4.69) is 13.2 Å². The molecule has 0 aliphatic heterocycles. The van der Waals surface area contributed by atoms with Crippen LogP contribution < -0.4 is 0 Å². The molecule has 0 saturated carbocycles. The van der Waals surface area contributed by atoms with Crippen LogP contribution in [0.5, 0.6) is 0 Å². The zero-order valence-electron chi connectivity index (χ0n) is 22.3. The molecule has 1 aliphatic carbocycles. The fourth-order valence-electron chi connectivity index (χ4n) is 4.56. The van der Waals surface area contributed by atoms with E-state index < -0.39 is 42.0 Å². The number of hydrogen-bond acceptors (Lipinski definition) is 8. The highest BCUT2D eigenvalue weighted by molar-refractivity contribution is 7.88. The van der Waals surface area contributed by atoms with E-state index in [9.17, 15) is 37.1 Å². The minimum atomic E-state index is -3.90. The number of non-ortho nitro benzene ring substituents is 2. The first-order valence-electron chi connectivity index (χ1n) is 12.7. The van der Waals surface area contributed by atoms with E-state index in [1.807, 2.05) is 0 Å². The normalized spacial score (nSPS) is 17.1. The molecular formula is C27H32N4O8S2. The standard InChI is InChI=1S/C27H32N4O8S2/c1-3-5-17-28(40(36,37)20-22-7-11-24(12-8-22)30(32)33)26-15-16-27(19-26)29(18-6-4-2)41(38,39)21-23-9-13-25(14-10-23)31(34)35/h3-4,7-16,26-27H,1-2,5-6,17-21H2/t26-,27+. The number of hydrogen-bond donors (Lipinski definition) is 0. The molecule has 2 aromatic rings. The third-order valence-corrected chi connectivity index (χ3v) is 10.3. The highest BCUT2D eigenvalue weighted by Crippen LogP contribution is 2.29. The molecule has 41 heavy (non-hydrogen) atoms. The third-order valence-electron chi connectivity index (χ3n) is 6.59. The van der Waals surface area contributed by atoms with Crippen LogP contribution in [0, 0.1) is 20.2 Å². The maximum atomic E-state index is 13.5. The van der Waals surface area contributed by atoms with Crippen molar-refractivity contribution in [1.29, 1.82) is 0 Å². The molecule has 1 aliphatic rings. The van der Waals surface area contributed by atoms with Crippen molar-refractivity contribution in [1.82, 2.24) is 8.61 Å². The van der Waals surface area contributed by atoms with Crippen molar-refractivity contribution in [3.05, 3.63) is 117 Å². The summed E-state index contributed by atoms with van der Waals surface area (Å²) in [5, 5.41) is 21.9. The van der Waals surface area contributed by atoms with Gasteiger partial charge in [0.25, 0.3) is 11.4 Å². The minimum Gasteiger partial charge on any atom is -0.258 e. The van der Waals surface area contributed by atoms with E-state index in [4.69, 9.17) is 0 Å². The van der Waals surface area contributed by atoms with Gasteiger partial charge in [-0.15, -0.1) is 13.2 Å². The van der Waals surface area contributed by atoms with Gasteiger partial charge in [0.05, 0.1) is 21.4 Å². The molecule has 0 amide bonds. The molecule has 0 fully saturated rings. The number of nitro groups is 2. The summed E-state index contributed by atoms with van der Waals surface area (Å²) in [4.78, 5) is 20.8. The SMILES string of the molecule is C=CCCN([C@@H]1C=C[C@H](N(CCC=C)S(=O)(=O)Cc2ccc([N+](=O)[O-])cc2)C1)S(=O)(=O)Cc1ccc([N+](=O)[O-])cc1. The zero-order chi connectivity index (χ0) is 30.2. The Morgan fingerprint density at radius 3 is 1.34 bits per heavy atom. The predicted octanol–water partition coefficient (Wildman–Crippen LogP) is 4.32. The summed E-state index contributed by atoms with van der Waals surface area (Å²) in [6.45, 7) is 7.61. The van der Waals surface area contributed by atoms with E-state index in [1.165, 1.54) is 57.1 Å². The van der Waals surface area contributed by atoms with Gasteiger partial charge in [-0.2, -0.15) is 8.61 Å². The van der Waals surface area contributed by atoms with Crippen molar-refractivity contribution in [3.63, 3.8) is 0 Å². The molecule has 12 nitrogen and oxygen atoms in total. The fourth-order valence-corrected chi connectivity index (χ4v) is 8.03. The first kappa shape index (κ1) is 31.8. The summed E-state index contributed by atoms with van der Waals surface area (Å²) in [6, 6.07) is 9.34. The van der Waals surface area contributed by atoms with E-state index in [1.54, 1.807) is 24.3 Å². The molecule has 14 heteroatoms. The van der Waals surface area contributed by atoms with Gasteiger partial charge in [-0.3, -0.25) is 20.2 Å². The highest BCUT2D eigenvalue weighted by Gasteiger charge is 2.37. The van der Waals surface area contributed by atoms with Gasteiger partial charge in [0.15, 0.2) is 0 Å². The van der Waals surface area contributed by atoms with Crippen LogP contribution in [0.15, 0.2) is 86.0 Å². The Kier molecular flexibility index (Phi) is 10.7. The Balaban J connectivity index is 1.81. The molecule has 0 heterocycles. The minimum absolute atomic E-state index is 0.128. The van der Waals surface area contributed by atoms with Crippen molar-refractivity contribution in [3.8, 4) is 0 Å². The predicted molar refractivity (Wildman–Crippen MR) is 156 cm³/mol. The first-order valence-corrected chi connectivity index (χ1v) is 16.0. The summed E-state index contributed by atoms with van der Waals surface area (Å²) in [6.07, 6.45) is 7.48. The number of nitro benzene ring substituents is 2. The summed E-state index contributed by atoms with van der Waals surface area (Å²) >= 11 is 0. The molecular weight excluding hydrogens is 572 g/mol. The molecule has 0 bridgehead atoms. The average Bonchev–Trinajstić information content (AvgIpc) is 3.38. The van der Waals surface area contributed by atoms with Gasteiger partial charge < -0.3 is 0 Å². The third kappa shape index (κ3) is 8.39. The van der Waals surface area contributed by atoms with Gasteiger partial charge in [0.1, 0.15) is 0 Å². The largest absolute Gasteiger partial charge is 0.269 e. The first-order chi connectivity index (χ1) is 19.4. The second-order valence-corrected chi connectivity index (χ2v) is 13.3. The van der Waals surface area contributed by atoms with Gasteiger partial charge in [0, 0.05) is 49.4 Å². The van der Waals surface area contributed by atoms with E-state index >= 15 is 0 Å². The van der Waals surface area contributed by atoms with Crippen molar-refractivity contribution in [2.75, 3.05) is 13.1 Å². The van der Waals surface area contributed by atoms with Gasteiger partial charge in [-0.05, 0) is 30.4 Å². The smallest absolute Gasteiger partial charge is 0.258 e. The second kappa shape index (κ2) is 13.8. The highest BCUT2D eigenvalue weighted by atomic mass is 32.2. The van der Waals surface area contributed by atoms with Crippen molar-refractivity contribution in [2.45, 2.75) is 42.9 Å². The molecule has 220 valence electrons. The molecule has 3 rings (SSSR count). The molecule has 2 atom stereocenters. The molecule has 2 aromatic carbocycles. The lowest BCUT2D eigenvalue weighted by Crippen LogP contribution is -2.44. The van der Waals surface area contributed by atoms with Crippen LogP contribution in [-0.4, -0.2) is 60.5 Å². The van der Waals surface area contributed by atoms with Crippen LogP contribution in [0.4, 0.5) is 11.4 Å². The van der Waals surface area contributed by atoms with Crippen LogP contribution in [0.1, 0.15) is 30.4 Å². The lowest BCUT2D eigenvalue weighted by Gasteiger charge is -2.31. The summed E-state index contributed by atoms with van der Waals surface area (Å²) in [5.74, 6) is -0.758. The number of rotatable bonds is 16. The monoisotopic (exact) mass is 604 g/mol. The van der Waals surface area contributed by atoms with Crippen molar-refractivity contribution >= 4 is 31.4 Å². The van der Waals surface area contributed by atoms with E-state index in [0.29, 0.717) is 24.0 Å². The summed E-state index contributed by atoms with van der Waals surface area (Å²) in [7, 11) is -7.80. The number of sulfonamides is 2. The maximum absolute atomic E-state index is 13.5. The average molecular weight is 605 g/mol. The topological polar surface area (TPSA) is 161 Å². The molecule has 0 spiro atoms. The Labute approximate surface area is 239 Å². The zero-order valence-corrected chi connectivity index (χ0v) is 24.0. The van der Waals surface area contributed by atoms with E-state index in [-0.39, 0.29) is 42.4 Å². The molecule has 0 radical (unpaired) electrons. The van der Waals surface area contributed by atoms with Crippen molar-refractivity contribution in [2.24, 2.45) is 0 Å². The Morgan fingerprint density at radius 1 is 0.707 bits per heavy atom.